The lowest BCUT2D eigenvalue weighted by atomic mass is 10.1. The second-order valence-corrected chi connectivity index (χ2v) is 8.34. The van der Waals surface area contributed by atoms with Crippen LogP contribution in [0, 0.1) is 23.1 Å². The first-order chi connectivity index (χ1) is 15.7. The van der Waals surface area contributed by atoms with Gasteiger partial charge in [0.05, 0.1) is 5.52 Å². The minimum atomic E-state index is -4.48. The number of aliphatic hydroxyl groups is 3. The largest absolute Gasteiger partial charge is 0.405 e. The number of halogens is 5. The van der Waals surface area contributed by atoms with E-state index in [0.29, 0.717) is 0 Å². The van der Waals surface area contributed by atoms with E-state index in [9.17, 15) is 37.7 Å². The maximum absolute atomic E-state index is 14.3. The second-order valence-electron chi connectivity index (χ2n) is 7.90. The van der Waals surface area contributed by atoms with Crippen LogP contribution in [0.15, 0.2) is 41.2 Å². The Morgan fingerprint density at radius 3 is 2.41 bits per heavy atom. The summed E-state index contributed by atoms with van der Waals surface area (Å²) in [6, 6.07) is 7.36. The highest BCUT2D eigenvalue weighted by atomic mass is 35.5. The van der Waals surface area contributed by atoms with E-state index >= 15 is 0 Å². The van der Waals surface area contributed by atoms with Gasteiger partial charge in [0.2, 0.25) is 0 Å². The van der Waals surface area contributed by atoms with Crippen LogP contribution >= 0.6 is 11.6 Å². The maximum Gasteiger partial charge on any atom is 0.405 e. The molecule has 1 heterocycles. The number of aromatic nitrogens is 2. The van der Waals surface area contributed by atoms with Crippen molar-refractivity contribution < 1.29 is 32.9 Å². The summed E-state index contributed by atoms with van der Waals surface area (Å²) in [5.74, 6) is 3.73. The van der Waals surface area contributed by atoms with Crippen LogP contribution in [0.3, 0.4) is 0 Å². The summed E-state index contributed by atoms with van der Waals surface area (Å²) in [7, 11) is 1.41. The van der Waals surface area contributed by atoms with Crippen molar-refractivity contribution >= 4 is 34.0 Å². The fraction of sp³-hybridized carbons (Fsp3) is 0.273. The third-order valence-corrected chi connectivity index (χ3v) is 5.70. The van der Waals surface area contributed by atoms with Gasteiger partial charge in [-0.2, -0.15) is 18.2 Å². The van der Waals surface area contributed by atoms with Gasteiger partial charge in [-0.25, -0.2) is 13.8 Å². The van der Waals surface area contributed by atoms with Gasteiger partial charge in [0, 0.05) is 28.7 Å². The van der Waals surface area contributed by atoms with E-state index in [1.165, 1.54) is 36.2 Å². The Kier molecular flexibility index (Phi) is 5.61. The molecule has 1 saturated carbocycles. The highest BCUT2D eigenvalue weighted by molar-refractivity contribution is 6.31. The Balaban J connectivity index is 1.83. The Bertz CT molecular complexity index is 1420. The first-order valence-electron chi connectivity index (χ1n) is 9.76. The van der Waals surface area contributed by atoms with Crippen LogP contribution in [-0.2, 0) is 6.10 Å². The molecule has 1 fully saturated rings. The fourth-order valence-electron chi connectivity index (χ4n) is 3.49. The molecule has 2 aromatic carbocycles. The summed E-state index contributed by atoms with van der Waals surface area (Å²) in [6.45, 7) is 0. The van der Waals surface area contributed by atoms with Crippen LogP contribution in [0.1, 0.15) is 18.4 Å². The minimum absolute atomic E-state index is 0.0156. The fourth-order valence-corrected chi connectivity index (χ4v) is 3.65. The molecule has 0 amide bonds. The Hall–Kier alpha value is -3.17. The third-order valence-electron chi connectivity index (χ3n) is 5.46. The third kappa shape index (κ3) is 4.33. The van der Waals surface area contributed by atoms with Crippen molar-refractivity contribution in [3.8, 4) is 11.8 Å². The average Bonchev–Trinajstić information content (AvgIpc) is 3.51. The lowest BCUT2D eigenvalue weighted by Crippen LogP contribution is -2.42. The molecule has 0 bridgehead atoms. The zero-order valence-electron chi connectivity index (χ0n) is 17.4. The van der Waals surface area contributed by atoms with Crippen molar-refractivity contribution in [2.45, 2.75) is 25.1 Å². The molecule has 0 aliphatic heterocycles. The Morgan fingerprint density at radius 1 is 1.15 bits per heavy atom. The van der Waals surface area contributed by atoms with Gasteiger partial charge in [0.25, 0.3) is 0 Å². The molecule has 12 heteroatoms. The van der Waals surface area contributed by atoms with Gasteiger partial charge in [-0.1, -0.05) is 23.4 Å². The molecule has 1 aliphatic carbocycles. The second kappa shape index (κ2) is 7.95. The van der Waals surface area contributed by atoms with E-state index in [4.69, 9.17) is 11.6 Å². The van der Waals surface area contributed by atoms with Gasteiger partial charge in [-0.05, 0) is 49.2 Å². The Labute approximate surface area is 194 Å². The van der Waals surface area contributed by atoms with E-state index < -0.39 is 29.2 Å². The first-order valence-corrected chi connectivity index (χ1v) is 10.1. The van der Waals surface area contributed by atoms with Crippen molar-refractivity contribution in [3.05, 3.63) is 63.3 Å². The van der Waals surface area contributed by atoms with E-state index in [1.54, 1.807) is 0 Å². The van der Waals surface area contributed by atoms with E-state index in [1.807, 2.05) is 0 Å². The van der Waals surface area contributed by atoms with Gasteiger partial charge in [0.15, 0.2) is 0 Å². The summed E-state index contributed by atoms with van der Waals surface area (Å²) in [5, 5.41) is 29.0. The highest BCUT2D eigenvalue weighted by Gasteiger charge is 2.62. The average molecular weight is 498 g/mol. The summed E-state index contributed by atoms with van der Waals surface area (Å²) < 4.78 is 54.0. The number of rotatable bonds is 3. The number of hydrogen-bond acceptors (Lipinski definition) is 6. The number of fused-ring (bicyclic) bond motifs is 1. The maximum atomic E-state index is 14.3. The molecule has 34 heavy (non-hydrogen) atoms. The van der Waals surface area contributed by atoms with E-state index in [2.05, 4.69) is 16.8 Å². The number of benzene rings is 2. The topological polar surface area (TPSA) is 98.8 Å². The molecular formula is C22H16ClF4N3O4. The SMILES string of the molecule is CN(c1cc(F)cc(C#CC2(C(F)(F)F)CC2)c1)c1nc(=O)n(C(O)(O)O)c2cc(Cl)ccc12. The summed E-state index contributed by atoms with van der Waals surface area (Å²) in [6.07, 6.45) is -8.31. The van der Waals surface area contributed by atoms with Crippen LogP contribution in [0.2, 0.25) is 5.02 Å². The summed E-state index contributed by atoms with van der Waals surface area (Å²) in [4.78, 5) is 17.5. The molecule has 0 radical (unpaired) electrons. The number of alkyl halides is 3. The van der Waals surface area contributed by atoms with Crippen molar-refractivity contribution in [1.82, 2.24) is 9.55 Å². The van der Waals surface area contributed by atoms with Crippen LogP contribution < -0.4 is 10.6 Å². The number of nitrogens with zero attached hydrogens (tertiary/aromatic N) is 3. The smallest absolute Gasteiger partial charge is 0.329 e. The van der Waals surface area contributed by atoms with Crippen molar-refractivity contribution in [2.24, 2.45) is 5.41 Å². The van der Waals surface area contributed by atoms with Crippen LogP contribution in [0.25, 0.3) is 10.9 Å². The number of anilines is 2. The van der Waals surface area contributed by atoms with Crippen molar-refractivity contribution in [1.29, 1.82) is 0 Å². The molecule has 3 N–H and O–H groups in total. The monoisotopic (exact) mass is 497 g/mol. The van der Waals surface area contributed by atoms with Crippen LogP contribution in [0.5, 0.6) is 0 Å². The van der Waals surface area contributed by atoms with Gasteiger partial charge >= 0.3 is 18.0 Å². The minimum Gasteiger partial charge on any atom is -0.329 e. The molecule has 1 aliphatic rings. The molecule has 0 saturated heterocycles. The predicted octanol–water partition coefficient (Wildman–Crippen LogP) is 3.20. The standard InChI is InChI=1S/C22H16ClF4N3O4/c1-29(15-9-12(8-14(24)11-15)4-5-20(6-7-20)21(25,26)27)18-16-3-2-13(23)10-17(16)30(19(31)28-18)22(32,33)34/h2-3,8-11,32-34H,6-7H2,1H3. The quantitative estimate of drug-likeness (QED) is 0.292. The van der Waals surface area contributed by atoms with Crippen LogP contribution in [-0.4, -0.2) is 38.1 Å². The van der Waals surface area contributed by atoms with E-state index in [0.717, 1.165) is 12.1 Å². The summed E-state index contributed by atoms with van der Waals surface area (Å²) >= 11 is 5.95. The van der Waals surface area contributed by atoms with Gasteiger partial charge in [-0.3, -0.25) is 0 Å². The zero-order chi connectivity index (χ0) is 25.1. The molecule has 0 spiro atoms. The Morgan fingerprint density at radius 2 is 1.82 bits per heavy atom. The molecule has 3 aromatic rings. The normalized spacial score (nSPS) is 15.1. The number of hydrogen-bond donors (Lipinski definition) is 3. The van der Waals surface area contributed by atoms with Crippen molar-refractivity contribution in [2.75, 3.05) is 11.9 Å². The lowest BCUT2D eigenvalue weighted by molar-refractivity contribution is -0.374. The van der Waals surface area contributed by atoms with Gasteiger partial charge in [-0.15, -0.1) is 0 Å². The zero-order valence-corrected chi connectivity index (χ0v) is 18.1. The molecular weight excluding hydrogens is 482 g/mol. The van der Waals surface area contributed by atoms with Gasteiger partial charge in [0.1, 0.15) is 17.1 Å². The molecule has 1 aromatic heterocycles. The van der Waals surface area contributed by atoms with Crippen LogP contribution in [0.4, 0.5) is 29.1 Å². The van der Waals surface area contributed by atoms with Crippen molar-refractivity contribution in [3.63, 3.8) is 0 Å². The molecule has 178 valence electrons. The predicted molar refractivity (Wildman–Crippen MR) is 115 cm³/mol. The van der Waals surface area contributed by atoms with Gasteiger partial charge < -0.3 is 20.2 Å². The first kappa shape index (κ1) is 24.0. The molecule has 4 rings (SSSR count). The highest BCUT2D eigenvalue weighted by Crippen LogP contribution is 2.57. The molecule has 0 atom stereocenters. The lowest BCUT2D eigenvalue weighted by Gasteiger charge is -2.24. The molecule has 0 unspecified atom stereocenters. The van der Waals surface area contributed by atoms with E-state index in [-0.39, 0.29) is 50.4 Å². The molecule has 7 nitrogen and oxygen atoms in total. The summed E-state index contributed by atoms with van der Waals surface area (Å²) in [5.41, 5.74) is -3.46.